The van der Waals surface area contributed by atoms with Gasteiger partial charge in [0.15, 0.2) is 0 Å². The van der Waals surface area contributed by atoms with Crippen LogP contribution in [0.15, 0.2) is 18.2 Å². The minimum Gasteiger partial charge on any atom is -0.399 e. The smallest absolute Gasteiger partial charge is 0.115 e. The number of nitrogens with two attached hydrogens (primary N) is 1. The number of imidazole rings is 1. The van der Waals surface area contributed by atoms with Gasteiger partial charge in [0.1, 0.15) is 5.82 Å². The highest BCUT2D eigenvalue weighted by Gasteiger charge is 2.36. The molecule has 0 aliphatic heterocycles. The topological polar surface area (TPSA) is 43.8 Å². The van der Waals surface area contributed by atoms with Crippen LogP contribution in [0.4, 0.5) is 5.69 Å². The van der Waals surface area contributed by atoms with Crippen LogP contribution in [0, 0.1) is 0 Å². The van der Waals surface area contributed by atoms with E-state index in [4.69, 9.17) is 10.7 Å². The molecule has 0 radical (unpaired) electrons. The van der Waals surface area contributed by atoms with Gasteiger partial charge in [-0.1, -0.05) is 33.6 Å². The van der Waals surface area contributed by atoms with Crippen LogP contribution in [-0.2, 0) is 11.0 Å². The molecule has 20 heavy (non-hydrogen) atoms. The van der Waals surface area contributed by atoms with Crippen LogP contribution in [0.25, 0.3) is 11.0 Å². The Bertz CT molecular complexity index is 640. The van der Waals surface area contributed by atoms with Crippen LogP contribution in [-0.4, -0.2) is 9.55 Å². The van der Waals surface area contributed by atoms with Gasteiger partial charge in [0.25, 0.3) is 0 Å². The first-order chi connectivity index (χ1) is 9.31. The first-order valence-electron chi connectivity index (χ1n) is 7.60. The van der Waals surface area contributed by atoms with Crippen LogP contribution in [0.5, 0.6) is 0 Å². The number of benzene rings is 1. The summed E-state index contributed by atoms with van der Waals surface area (Å²) in [5, 5.41) is 0. The van der Waals surface area contributed by atoms with Gasteiger partial charge in [-0.05, 0) is 38.0 Å². The minimum atomic E-state index is 0.0411. The lowest BCUT2D eigenvalue weighted by molar-refractivity contribution is 0.310. The zero-order valence-electron chi connectivity index (χ0n) is 13.0. The number of anilines is 1. The van der Waals surface area contributed by atoms with Crippen molar-refractivity contribution in [3.8, 4) is 0 Å². The van der Waals surface area contributed by atoms with E-state index in [9.17, 15) is 0 Å². The van der Waals surface area contributed by atoms with Crippen LogP contribution in [0.3, 0.4) is 0 Å². The molecule has 1 aromatic heterocycles. The quantitative estimate of drug-likeness (QED) is 0.790. The van der Waals surface area contributed by atoms with Crippen molar-refractivity contribution in [1.29, 1.82) is 0 Å². The van der Waals surface area contributed by atoms with Crippen molar-refractivity contribution in [3.63, 3.8) is 0 Å². The number of hydrogen-bond acceptors (Lipinski definition) is 2. The maximum atomic E-state index is 5.93. The molecule has 1 fully saturated rings. The third-order valence-electron chi connectivity index (χ3n) is 4.57. The van der Waals surface area contributed by atoms with Crippen molar-refractivity contribution >= 4 is 16.7 Å². The normalized spacial score (nSPS) is 18.8. The van der Waals surface area contributed by atoms with E-state index in [0.717, 1.165) is 11.2 Å². The van der Waals surface area contributed by atoms with Crippen molar-refractivity contribution in [3.05, 3.63) is 24.0 Å². The molecule has 0 saturated heterocycles. The first kappa shape index (κ1) is 13.5. The summed E-state index contributed by atoms with van der Waals surface area (Å²) in [6.45, 7) is 9.11. The van der Waals surface area contributed by atoms with Crippen molar-refractivity contribution < 1.29 is 0 Å². The molecular formula is C17H25N3. The molecule has 1 saturated carbocycles. The van der Waals surface area contributed by atoms with E-state index < -0.39 is 0 Å². The van der Waals surface area contributed by atoms with Gasteiger partial charge in [-0.2, -0.15) is 0 Å². The Balaban J connectivity index is 2.31. The molecule has 3 nitrogen and oxygen atoms in total. The van der Waals surface area contributed by atoms with E-state index >= 15 is 0 Å². The van der Waals surface area contributed by atoms with Gasteiger partial charge < -0.3 is 10.3 Å². The molecule has 1 aromatic carbocycles. The predicted octanol–water partition coefficient (Wildman–Crippen LogP) is 4.21. The molecule has 3 heteroatoms. The first-order valence-corrected chi connectivity index (χ1v) is 7.60. The van der Waals surface area contributed by atoms with Crippen LogP contribution < -0.4 is 5.73 Å². The van der Waals surface area contributed by atoms with E-state index in [2.05, 4.69) is 38.3 Å². The molecular weight excluding hydrogens is 246 g/mol. The minimum absolute atomic E-state index is 0.0411. The lowest BCUT2D eigenvalue weighted by Gasteiger charge is -2.32. The number of nitrogens with zero attached hydrogens (tertiary/aromatic N) is 2. The number of aromatic nitrogens is 2. The Morgan fingerprint density at radius 3 is 2.45 bits per heavy atom. The second-order valence-electron chi connectivity index (χ2n) is 7.47. The molecule has 0 amide bonds. The zero-order chi connectivity index (χ0) is 14.5. The third-order valence-corrected chi connectivity index (χ3v) is 4.57. The van der Waals surface area contributed by atoms with Crippen LogP contribution >= 0.6 is 0 Å². The van der Waals surface area contributed by atoms with E-state index in [1.54, 1.807) is 0 Å². The van der Waals surface area contributed by atoms with Crippen molar-refractivity contribution in [1.82, 2.24) is 9.55 Å². The molecule has 2 N–H and O–H groups in total. The number of fused-ring (bicyclic) bond motifs is 1. The summed E-state index contributed by atoms with van der Waals surface area (Å²) in [5.41, 5.74) is 9.22. The summed E-state index contributed by atoms with van der Waals surface area (Å²) in [7, 11) is 0. The highest BCUT2D eigenvalue weighted by atomic mass is 15.2. The van der Waals surface area contributed by atoms with Gasteiger partial charge >= 0.3 is 0 Å². The summed E-state index contributed by atoms with van der Waals surface area (Å²) in [6, 6.07) is 6.13. The fourth-order valence-electron chi connectivity index (χ4n) is 3.51. The Morgan fingerprint density at radius 2 is 1.85 bits per heavy atom. The highest BCUT2D eigenvalue weighted by molar-refractivity contribution is 5.80. The van der Waals surface area contributed by atoms with Gasteiger partial charge in [0.2, 0.25) is 0 Å². The van der Waals surface area contributed by atoms with E-state index in [-0.39, 0.29) is 11.0 Å². The average Bonchev–Trinajstić information content (AvgIpc) is 2.92. The molecule has 3 rings (SSSR count). The highest BCUT2D eigenvalue weighted by Crippen LogP contribution is 2.41. The SMILES string of the molecule is CC(C)(C)c1nc2cc(N)ccc2n1C1(C)CCCC1. The summed E-state index contributed by atoms with van der Waals surface area (Å²) in [5.74, 6) is 1.18. The zero-order valence-corrected chi connectivity index (χ0v) is 13.0. The lowest BCUT2D eigenvalue weighted by Crippen LogP contribution is -2.32. The third kappa shape index (κ3) is 2.00. The standard InChI is InChI=1S/C17H25N3/c1-16(2,3)15-19-13-11-12(18)7-8-14(13)20(15)17(4)9-5-6-10-17/h7-8,11H,5-6,9-10,18H2,1-4H3. The van der Waals surface area contributed by atoms with E-state index in [0.29, 0.717) is 0 Å². The number of nitrogen functional groups attached to an aromatic ring is 1. The molecule has 1 aliphatic carbocycles. The monoisotopic (exact) mass is 271 g/mol. The molecule has 0 bridgehead atoms. The number of hydrogen-bond donors (Lipinski definition) is 1. The van der Waals surface area contributed by atoms with Gasteiger partial charge in [0, 0.05) is 16.6 Å². The van der Waals surface area contributed by atoms with Crippen molar-refractivity contribution in [2.24, 2.45) is 0 Å². The molecule has 2 aromatic rings. The molecule has 108 valence electrons. The van der Waals surface area contributed by atoms with Crippen molar-refractivity contribution in [2.75, 3.05) is 5.73 Å². The summed E-state index contributed by atoms with van der Waals surface area (Å²) in [6.07, 6.45) is 5.11. The maximum absolute atomic E-state index is 5.93. The number of rotatable bonds is 1. The van der Waals surface area contributed by atoms with Gasteiger partial charge in [-0.25, -0.2) is 4.98 Å². The second kappa shape index (κ2) is 4.24. The average molecular weight is 271 g/mol. The Kier molecular flexibility index (Phi) is 2.86. The van der Waals surface area contributed by atoms with Crippen LogP contribution in [0.1, 0.15) is 59.2 Å². The lowest BCUT2D eigenvalue weighted by atomic mass is 9.92. The largest absolute Gasteiger partial charge is 0.399 e. The van der Waals surface area contributed by atoms with Gasteiger partial charge in [-0.15, -0.1) is 0 Å². The fraction of sp³-hybridized carbons (Fsp3) is 0.588. The fourth-order valence-corrected chi connectivity index (χ4v) is 3.51. The maximum Gasteiger partial charge on any atom is 0.115 e. The molecule has 1 heterocycles. The summed E-state index contributed by atoms with van der Waals surface area (Å²) >= 11 is 0. The van der Waals surface area contributed by atoms with Crippen molar-refractivity contribution in [2.45, 2.75) is 64.3 Å². The Morgan fingerprint density at radius 1 is 1.20 bits per heavy atom. The summed E-state index contributed by atoms with van der Waals surface area (Å²) < 4.78 is 2.49. The Labute approximate surface area is 121 Å². The molecule has 1 aliphatic rings. The molecule has 0 unspecified atom stereocenters. The molecule has 0 atom stereocenters. The predicted molar refractivity (Wildman–Crippen MR) is 85.0 cm³/mol. The van der Waals surface area contributed by atoms with E-state index in [1.165, 1.54) is 37.0 Å². The van der Waals surface area contributed by atoms with Crippen LogP contribution in [0.2, 0.25) is 0 Å². The van der Waals surface area contributed by atoms with Gasteiger partial charge in [-0.3, -0.25) is 0 Å². The summed E-state index contributed by atoms with van der Waals surface area (Å²) in [4.78, 5) is 4.92. The Hall–Kier alpha value is -1.51. The van der Waals surface area contributed by atoms with E-state index in [1.807, 2.05) is 12.1 Å². The molecule has 0 spiro atoms. The van der Waals surface area contributed by atoms with Gasteiger partial charge in [0.05, 0.1) is 11.0 Å². The second-order valence-corrected chi connectivity index (χ2v) is 7.47.